The number of benzene rings is 8. The van der Waals surface area contributed by atoms with Crippen molar-refractivity contribution in [2.24, 2.45) is 0 Å². The summed E-state index contributed by atoms with van der Waals surface area (Å²) in [6, 6.07) is 70.9. The van der Waals surface area contributed by atoms with Crippen molar-refractivity contribution in [1.29, 1.82) is 0 Å². The predicted molar refractivity (Wildman–Crippen MR) is 384 cm³/mol. The predicted octanol–water partition coefficient (Wildman–Crippen LogP) is 15.5. The van der Waals surface area contributed by atoms with Crippen LogP contribution in [0.25, 0.3) is 0 Å². The van der Waals surface area contributed by atoms with E-state index in [0.717, 1.165) is 68.3 Å². The standard InChI is InChI=1S/4C14H12ClNO2.2C10H9N3.2Mn/c4*1-9-11(15)6-4-8-12(9)16-13-7-3-2-5-10(13)14(17)18;2*1-3-7-11-9(5-1)13-10-6-2-4-8-12-10;;/h4*2-8,16H,1H3,(H,17,18);2*1-8H,(H,11,12,13);;/q;;;;;;2*+2/p-4. The van der Waals surface area contributed by atoms with E-state index in [1.807, 2.05) is 125 Å². The van der Waals surface area contributed by atoms with Crippen LogP contribution in [0.5, 0.6) is 0 Å². The number of para-hydroxylation sites is 4. The van der Waals surface area contributed by atoms with Crippen LogP contribution in [-0.4, -0.2) is 43.8 Å². The van der Waals surface area contributed by atoms with Crippen molar-refractivity contribution in [3.05, 3.63) is 332 Å². The molecular weight excluding hydrogens is 1430 g/mol. The molecule has 6 N–H and O–H groups in total. The number of carbonyl (C=O) groups excluding carboxylic acids is 4. The topological polar surface area (TPSA) is 284 Å². The van der Waals surface area contributed by atoms with E-state index in [4.69, 9.17) is 46.4 Å². The maximum absolute atomic E-state index is 11.0. The molecule has 4 aromatic heterocycles. The number of hydrogen-bond donors (Lipinski definition) is 6. The van der Waals surface area contributed by atoms with Gasteiger partial charge in [-0.2, -0.15) is 0 Å². The Kier molecular flexibility index (Phi) is 33.2. The number of nitrogens with zero attached hydrogens (tertiary/aromatic N) is 4. The third kappa shape index (κ3) is 25.0. The number of halogens is 4. The maximum Gasteiger partial charge on any atom is 2.00 e. The van der Waals surface area contributed by atoms with E-state index >= 15 is 0 Å². The number of rotatable bonds is 16. The molecule has 100 heavy (non-hydrogen) atoms. The van der Waals surface area contributed by atoms with E-state index in [2.05, 4.69) is 51.8 Å². The van der Waals surface area contributed by atoms with E-state index in [-0.39, 0.29) is 56.4 Å². The monoisotopic (exact) mass is 1490 g/mol. The molecule has 2 radical (unpaired) electrons. The van der Waals surface area contributed by atoms with Crippen LogP contribution in [0.4, 0.5) is 68.8 Å². The van der Waals surface area contributed by atoms with Gasteiger partial charge in [0.25, 0.3) is 0 Å². The quantitative estimate of drug-likeness (QED) is 0.0490. The van der Waals surface area contributed by atoms with Crippen molar-refractivity contribution in [1.82, 2.24) is 19.9 Å². The van der Waals surface area contributed by atoms with Crippen molar-refractivity contribution in [3.63, 3.8) is 0 Å². The normalized spacial score (nSPS) is 9.76. The molecule has 24 heteroatoms. The van der Waals surface area contributed by atoms with Crippen LogP contribution in [0.2, 0.25) is 20.1 Å². The van der Waals surface area contributed by atoms with Crippen LogP contribution in [0.3, 0.4) is 0 Å². The van der Waals surface area contributed by atoms with Gasteiger partial charge in [-0.3, -0.25) is 0 Å². The molecular formula is C76H62Cl4Mn2N10O8. The van der Waals surface area contributed by atoms with Crippen molar-refractivity contribution >= 4 is 139 Å². The van der Waals surface area contributed by atoms with Crippen molar-refractivity contribution in [3.8, 4) is 0 Å². The number of nitrogens with one attached hydrogen (secondary N) is 6. The summed E-state index contributed by atoms with van der Waals surface area (Å²) in [4.78, 5) is 60.4. The second-order valence-electron chi connectivity index (χ2n) is 20.6. The number of pyridine rings is 4. The van der Waals surface area contributed by atoms with Crippen molar-refractivity contribution < 1.29 is 73.7 Å². The molecule has 18 nitrogen and oxygen atoms in total. The van der Waals surface area contributed by atoms with E-state index < -0.39 is 23.9 Å². The smallest absolute Gasteiger partial charge is 0.545 e. The molecule has 0 spiro atoms. The van der Waals surface area contributed by atoms with Gasteiger partial charge in [0.1, 0.15) is 23.3 Å². The molecule has 4 heterocycles. The Morgan fingerprint density at radius 2 is 0.430 bits per heavy atom. The van der Waals surface area contributed by atoms with Gasteiger partial charge >= 0.3 is 34.1 Å². The summed E-state index contributed by atoms with van der Waals surface area (Å²) in [5.41, 5.74) is 9.01. The van der Waals surface area contributed by atoms with Gasteiger partial charge < -0.3 is 71.5 Å². The number of aromatic nitrogens is 4. The fraction of sp³-hybridized carbons (Fsp3) is 0.0526. The molecule has 8 aromatic carbocycles. The first-order chi connectivity index (χ1) is 47.3. The largest absolute Gasteiger partial charge is 2.00 e. The molecule has 506 valence electrons. The average Bonchev–Trinajstić information content (AvgIpc) is 0.863. The van der Waals surface area contributed by atoms with E-state index in [1.165, 1.54) is 24.3 Å². The molecule has 12 rings (SSSR count). The van der Waals surface area contributed by atoms with Gasteiger partial charge in [-0.05, 0) is 171 Å². The Labute approximate surface area is 619 Å². The molecule has 0 fully saturated rings. The van der Waals surface area contributed by atoms with Gasteiger partial charge in [-0.15, -0.1) is 0 Å². The minimum atomic E-state index is -1.21. The fourth-order valence-electron chi connectivity index (χ4n) is 8.64. The van der Waals surface area contributed by atoms with Crippen LogP contribution in [0, 0.1) is 27.7 Å². The number of hydrogen-bond acceptors (Lipinski definition) is 18. The minimum absolute atomic E-state index is 0. The van der Waals surface area contributed by atoms with E-state index in [0.29, 0.717) is 42.8 Å². The van der Waals surface area contributed by atoms with Crippen molar-refractivity contribution in [2.45, 2.75) is 27.7 Å². The van der Waals surface area contributed by atoms with Crippen LogP contribution < -0.4 is 52.3 Å². The van der Waals surface area contributed by atoms with Crippen LogP contribution in [-0.2, 0) is 34.1 Å². The first kappa shape index (κ1) is 79.9. The van der Waals surface area contributed by atoms with E-state index in [1.54, 1.807) is 146 Å². The fourth-order valence-corrected chi connectivity index (χ4v) is 9.34. The van der Waals surface area contributed by atoms with Crippen LogP contribution in [0.1, 0.15) is 63.7 Å². The number of carboxylic acid groups (broad SMARTS) is 4. The summed E-state index contributed by atoms with van der Waals surface area (Å²) in [6.07, 6.45) is 6.97. The first-order valence-electron chi connectivity index (χ1n) is 29.8. The zero-order valence-electron chi connectivity index (χ0n) is 53.7. The molecule has 0 aliphatic rings. The molecule has 0 amide bonds. The number of anilines is 12. The summed E-state index contributed by atoms with van der Waals surface area (Å²) in [5, 5.41) is 64.9. The third-order valence-corrected chi connectivity index (χ3v) is 15.5. The summed E-state index contributed by atoms with van der Waals surface area (Å²) >= 11 is 24.1. The van der Waals surface area contributed by atoms with E-state index in [9.17, 15) is 39.6 Å². The maximum atomic E-state index is 11.0. The Hall–Kier alpha value is -10.8. The molecule has 12 aromatic rings. The molecule has 0 bridgehead atoms. The molecule has 0 aliphatic heterocycles. The molecule has 0 atom stereocenters. The number of carbonyl (C=O) groups is 4. The summed E-state index contributed by atoms with van der Waals surface area (Å²) in [5.74, 6) is -1.61. The average molecular weight is 1500 g/mol. The third-order valence-electron chi connectivity index (χ3n) is 13.9. The number of carboxylic acids is 4. The van der Waals surface area contributed by atoms with Crippen molar-refractivity contribution in [2.75, 3.05) is 31.9 Å². The second kappa shape index (κ2) is 41.5. The van der Waals surface area contributed by atoms with Gasteiger partial charge in [0.2, 0.25) is 0 Å². The summed E-state index contributed by atoms with van der Waals surface area (Å²) in [7, 11) is 0. The second-order valence-corrected chi connectivity index (χ2v) is 22.2. The van der Waals surface area contributed by atoms with Gasteiger partial charge in [0.15, 0.2) is 0 Å². The molecule has 0 saturated heterocycles. The van der Waals surface area contributed by atoms with Gasteiger partial charge in [-0.25, -0.2) is 19.9 Å². The zero-order valence-corrected chi connectivity index (χ0v) is 59.1. The van der Waals surface area contributed by atoms with Gasteiger partial charge in [-0.1, -0.05) is 168 Å². The Morgan fingerprint density at radius 1 is 0.250 bits per heavy atom. The van der Waals surface area contributed by atoms with Gasteiger partial charge in [0.05, 0.1) is 23.9 Å². The Bertz CT molecular complexity index is 4040. The SMILES string of the molecule is Cc1c(Cl)cccc1Nc1ccccc1C(=O)[O-].Cc1c(Cl)cccc1Nc1ccccc1C(=O)[O-].Cc1c(Cl)cccc1Nc1ccccc1C(=O)[O-].Cc1c(Cl)cccc1Nc1ccccc1C(=O)[O-].[Mn+2].[Mn+2].c1ccc(Nc2ccccn2)nc1.c1ccc(Nc2ccccn2)nc1. The Morgan fingerprint density at radius 3 is 0.610 bits per heavy atom. The molecule has 0 unspecified atom stereocenters. The summed E-state index contributed by atoms with van der Waals surface area (Å²) in [6.45, 7) is 7.47. The zero-order chi connectivity index (χ0) is 70.3. The summed E-state index contributed by atoms with van der Waals surface area (Å²) < 4.78 is 0. The van der Waals surface area contributed by atoms with Crippen LogP contribution >= 0.6 is 46.4 Å². The van der Waals surface area contributed by atoms with Crippen LogP contribution in [0.15, 0.2) is 267 Å². The van der Waals surface area contributed by atoms with Gasteiger partial charge in [0, 0.05) is 113 Å². The first-order valence-corrected chi connectivity index (χ1v) is 31.3. The molecule has 0 saturated carbocycles. The molecule has 0 aliphatic carbocycles. The number of aromatic carboxylic acids is 4. The minimum Gasteiger partial charge on any atom is -0.545 e. The Balaban J connectivity index is 0.000000216.